The zero-order valence-corrected chi connectivity index (χ0v) is 14.2. The summed E-state index contributed by atoms with van der Waals surface area (Å²) in [6.07, 6.45) is 5.62. The van der Waals surface area contributed by atoms with Gasteiger partial charge in [-0.25, -0.2) is 0 Å². The number of hydrogen-bond donors (Lipinski definition) is 2. The SMILES string of the molecule is O=C(NCCc1ccc(Cl)cc1)c1ccc(NC2CCCC2)nn1. The highest BCUT2D eigenvalue weighted by Gasteiger charge is 2.15. The van der Waals surface area contributed by atoms with Gasteiger partial charge in [-0.3, -0.25) is 4.79 Å². The van der Waals surface area contributed by atoms with E-state index < -0.39 is 0 Å². The summed E-state index contributed by atoms with van der Waals surface area (Å²) in [5, 5.41) is 15.1. The van der Waals surface area contributed by atoms with E-state index in [9.17, 15) is 4.79 Å². The van der Waals surface area contributed by atoms with Gasteiger partial charge in [0.25, 0.3) is 5.91 Å². The number of amides is 1. The minimum Gasteiger partial charge on any atom is -0.366 e. The Labute approximate surface area is 146 Å². The fourth-order valence-corrected chi connectivity index (χ4v) is 3.00. The monoisotopic (exact) mass is 344 g/mol. The smallest absolute Gasteiger partial charge is 0.271 e. The Kier molecular flexibility index (Phi) is 5.64. The summed E-state index contributed by atoms with van der Waals surface area (Å²) in [5.41, 5.74) is 1.46. The zero-order chi connectivity index (χ0) is 16.8. The molecule has 0 atom stereocenters. The Bertz CT molecular complexity index is 666. The Morgan fingerprint density at radius 3 is 2.50 bits per heavy atom. The van der Waals surface area contributed by atoms with Crippen molar-refractivity contribution in [2.24, 2.45) is 0 Å². The molecule has 0 bridgehead atoms. The largest absolute Gasteiger partial charge is 0.366 e. The van der Waals surface area contributed by atoms with E-state index >= 15 is 0 Å². The van der Waals surface area contributed by atoms with Gasteiger partial charge in [-0.2, -0.15) is 0 Å². The number of benzene rings is 1. The van der Waals surface area contributed by atoms with Crippen molar-refractivity contribution in [3.63, 3.8) is 0 Å². The summed E-state index contributed by atoms with van der Waals surface area (Å²) >= 11 is 5.85. The van der Waals surface area contributed by atoms with Crippen LogP contribution in [0.1, 0.15) is 41.7 Å². The summed E-state index contributed by atoms with van der Waals surface area (Å²) in [7, 11) is 0. The molecule has 24 heavy (non-hydrogen) atoms. The van der Waals surface area contributed by atoms with Gasteiger partial charge < -0.3 is 10.6 Å². The topological polar surface area (TPSA) is 66.9 Å². The van der Waals surface area contributed by atoms with Crippen molar-refractivity contribution in [3.05, 3.63) is 52.7 Å². The zero-order valence-electron chi connectivity index (χ0n) is 13.5. The highest BCUT2D eigenvalue weighted by Crippen LogP contribution is 2.21. The molecule has 1 heterocycles. The highest BCUT2D eigenvalue weighted by atomic mass is 35.5. The minimum absolute atomic E-state index is 0.205. The van der Waals surface area contributed by atoms with Crippen molar-refractivity contribution in [1.82, 2.24) is 15.5 Å². The molecule has 1 amide bonds. The normalized spacial score (nSPS) is 14.5. The number of hydrogen-bond acceptors (Lipinski definition) is 4. The van der Waals surface area contributed by atoms with Gasteiger partial charge in [-0.1, -0.05) is 36.6 Å². The molecular formula is C18H21ClN4O. The van der Waals surface area contributed by atoms with E-state index in [1.54, 1.807) is 6.07 Å². The molecule has 0 spiro atoms. The number of anilines is 1. The van der Waals surface area contributed by atoms with E-state index in [0.717, 1.165) is 17.8 Å². The lowest BCUT2D eigenvalue weighted by molar-refractivity contribution is 0.0948. The lowest BCUT2D eigenvalue weighted by Gasteiger charge is -2.11. The van der Waals surface area contributed by atoms with E-state index in [2.05, 4.69) is 20.8 Å². The van der Waals surface area contributed by atoms with Gasteiger partial charge in [0.2, 0.25) is 0 Å². The predicted molar refractivity (Wildman–Crippen MR) is 95.4 cm³/mol. The molecule has 126 valence electrons. The molecule has 2 N–H and O–H groups in total. The number of nitrogens with one attached hydrogen (secondary N) is 2. The first-order valence-corrected chi connectivity index (χ1v) is 8.71. The molecule has 0 aliphatic heterocycles. The van der Waals surface area contributed by atoms with Gasteiger partial charge in [0.1, 0.15) is 5.82 Å². The van der Waals surface area contributed by atoms with Gasteiger partial charge in [0.05, 0.1) is 0 Å². The van der Waals surface area contributed by atoms with Gasteiger partial charge >= 0.3 is 0 Å². The third-order valence-corrected chi connectivity index (χ3v) is 4.47. The molecule has 1 saturated carbocycles. The van der Waals surface area contributed by atoms with Crippen LogP contribution in [-0.2, 0) is 6.42 Å². The number of carbonyl (C=O) groups excluding carboxylic acids is 1. The van der Waals surface area contributed by atoms with Crippen LogP contribution in [0.3, 0.4) is 0 Å². The maximum atomic E-state index is 12.1. The molecule has 1 aromatic carbocycles. The summed E-state index contributed by atoms with van der Waals surface area (Å²) in [6.45, 7) is 0.546. The molecular weight excluding hydrogens is 324 g/mol. The van der Waals surface area contributed by atoms with Gasteiger partial charge in [0, 0.05) is 17.6 Å². The number of aromatic nitrogens is 2. The van der Waals surface area contributed by atoms with E-state index in [1.807, 2.05) is 30.3 Å². The second-order valence-corrected chi connectivity index (χ2v) is 6.50. The first-order chi connectivity index (χ1) is 11.7. The van der Waals surface area contributed by atoms with Crippen LogP contribution >= 0.6 is 11.6 Å². The van der Waals surface area contributed by atoms with Crippen LogP contribution in [0.5, 0.6) is 0 Å². The first kappa shape index (κ1) is 16.7. The lowest BCUT2D eigenvalue weighted by atomic mass is 10.1. The molecule has 1 aliphatic rings. The molecule has 6 heteroatoms. The standard InChI is InChI=1S/C18H21ClN4O/c19-14-7-5-13(6-8-14)11-12-20-18(24)16-9-10-17(23-22-16)21-15-3-1-2-4-15/h5-10,15H,1-4,11-12H2,(H,20,24)(H,21,23). The van der Waals surface area contributed by atoms with Crippen molar-refractivity contribution in [3.8, 4) is 0 Å². The second kappa shape index (κ2) is 8.11. The Morgan fingerprint density at radius 1 is 1.08 bits per heavy atom. The van der Waals surface area contributed by atoms with Crippen LogP contribution in [0.4, 0.5) is 5.82 Å². The Hall–Kier alpha value is -2.14. The first-order valence-electron chi connectivity index (χ1n) is 8.33. The summed E-state index contributed by atoms with van der Waals surface area (Å²) in [5.74, 6) is 0.531. The summed E-state index contributed by atoms with van der Waals surface area (Å²) < 4.78 is 0. The third kappa shape index (κ3) is 4.68. The fraction of sp³-hybridized carbons (Fsp3) is 0.389. The van der Waals surface area contributed by atoms with Crippen molar-refractivity contribution >= 4 is 23.3 Å². The average Bonchev–Trinajstić information content (AvgIpc) is 3.10. The molecule has 1 aliphatic carbocycles. The van der Waals surface area contributed by atoms with Gasteiger partial charge in [-0.05, 0) is 49.1 Å². The maximum Gasteiger partial charge on any atom is 0.271 e. The number of carbonyl (C=O) groups is 1. The van der Waals surface area contributed by atoms with Crippen molar-refractivity contribution < 1.29 is 4.79 Å². The quantitative estimate of drug-likeness (QED) is 0.842. The summed E-state index contributed by atoms with van der Waals surface area (Å²) in [4.78, 5) is 12.1. The Balaban J connectivity index is 1.46. The van der Waals surface area contributed by atoms with Gasteiger partial charge in [-0.15, -0.1) is 10.2 Å². The lowest BCUT2D eigenvalue weighted by Crippen LogP contribution is -2.27. The predicted octanol–water partition coefficient (Wildman–Crippen LogP) is 3.46. The van der Waals surface area contributed by atoms with E-state index in [1.165, 1.54) is 25.7 Å². The highest BCUT2D eigenvalue weighted by molar-refractivity contribution is 6.30. The molecule has 2 aromatic rings. The minimum atomic E-state index is -0.205. The van der Waals surface area contributed by atoms with Crippen LogP contribution in [-0.4, -0.2) is 28.7 Å². The van der Waals surface area contributed by atoms with Gasteiger partial charge in [0.15, 0.2) is 5.69 Å². The maximum absolute atomic E-state index is 12.1. The molecule has 1 aromatic heterocycles. The number of rotatable bonds is 6. The van der Waals surface area contributed by atoms with Crippen LogP contribution < -0.4 is 10.6 Å². The van der Waals surface area contributed by atoms with Crippen molar-refractivity contribution in [2.75, 3.05) is 11.9 Å². The Morgan fingerprint density at radius 2 is 1.83 bits per heavy atom. The van der Waals surface area contributed by atoms with Crippen LogP contribution in [0.2, 0.25) is 5.02 Å². The van der Waals surface area contributed by atoms with Crippen molar-refractivity contribution in [1.29, 1.82) is 0 Å². The molecule has 0 saturated heterocycles. The van der Waals surface area contributed by atoms with Crippen LogP contribution in [0.15, 0.2) is 36.4 Å². The average molecular weight is 345 g/mol. The van der Waals surface area contributed by atoms with Crippen LogP contribution in [0.25, 0.3) is 0 Å². The molecule has 5 nitrogen and oxygen atoms in total. The molecule has 0 unspecified atom stereocenters. The number of nitrogens with zero attached hydrogens (tertiary/aromatic N) is 2. The third-order valence-electron chi connectivity index (χ3n) is 4.22. The number of halogens is 1. The summed E-state index contributed by atoms with van der Waals surface area (Å²) in [6, 6.07) is 11.6. The van der Waals surface area contributed by atoms with Crippen LogP contribution in [0, 0.1) is 0 Å². The van der Waals surface area contributed by atoms with Crippen molar-refractivity contribution in [2.45, 2.75) is 38.1 Å². The molecule has 3 rings (SSSR count). The fourth-order valence-electron chi connectivity index (χ4n) is 2.87. The molecule has 1 fully saturated rings. The van der Waals surface area contributed by atoms with E-state index in [0.29, 0.717) is 23.3 Å². The van der Waals surface area contributed by atoms with E-state index in [4.69, 9.17) is 11.6 Å². The second-order valence-electron chi connectivity index (χ2n) is 6.06. The van der Waals surface area contributed by atoms with E-state index in [-0.39, 0.29) is 5.91 Å². The molecule has 0 radical (unpaired) electrons.